The van der Waals surface area contributed by atoms with Gasteiger partial charge in [-0.05, 0) is 49.8 Å². The van der Waals surface area contributed by atoms with Crippen LogP contribution in [0.5, 0.6) is 0 Å². The van der Waals surface area contributed by atoms with Crippen LogP contribution < -0.4 is 5.32 Å². The Balaban J connectivity index is 1.96. The van der Waals surface area contributed by atoms with Crippen LogP contribution >= 0.6 is 12.2 Å². The van der Waals surface area contributed by atoms with E-state index < -0.39 is 11.8 Å². The number of nitrogens with zero attached hydrogens (tertiary/aromatic N) is 1. The predicted molar refractivity (Wildman–Crippen MR) is 93.9 cm³/mol. The first-order chi connectivity index (χ1) is 11.5. The van der Waals surface area contributed by atoms with Gasteiger partial charge in [0.05, 0.1) is 6.04 Å². The molecule has 1 saturated heterocycles. The van der Waals surface area contributed by atoms with Crippen LogP contribution in [0.25, 0.3) is 6.08 Å². The quantitative estimate of drug-likeness (QED) is 0.530. The molecule has 0 aliphatic carbocycles. The van der Waals surface area contributed by atoms with Crippen LogP contribution in [0.3, 0.4) is 0 Å². The van der Waals surface area contributed by atoms with Gasteiger partial charge in [0.2, 0.25) is 0 Å². The molecule has 0 radical (unpaired) electrons. The average molecular weight is 340 g/mol. The standard InChI is InChI=1S/C18H16N2O3S/c1-11-8-9-14(23-11)10-15-16(21)19-18(24)20(17(15)22)12(2)13-6-4-3-5-7-13/h3-10,12H,1-2H3,(H,19,21,24)/b15-10+. The Kier molecular flexibility index (Phi) is 4.31. The first kappa shape index (κ1) is 16.1. The average Bonchev–Trinajstić information content (AvgIpc) is 2.97. The fourth-order valence-corrected chi connectivity index (χ4v) is 2.91. The fourth-order valence-electron chi connectivity index (χ4n) is 2.58. The molecule has 0 bridgehead atoms. The van der Waals surface area contributed by atoms with E-state index in [0.29, 0.717) is 11.5 Å². The molecule has 2 amide bonds. The molecule has 6 heteroatoms. The molecular formula is C18H16N2O3S. The number of aryl methyl sites for hydroxylation is 1. The van der Waals surface area contributed by atoms with E-state index in [9.17, 15) is 9.59 Å². The Hall–Kier alpha value is -2.73. The normalized spacial score (nSPS) is 18.0. The van der Waals surface area contributed by atoms with Gasteiger partial charge in [0.1, 0.15) is 17.1 Å². The maximum Gasteiger partial charge on any atom is 0.266 e. The minimum atomic E-state index is -0.518. The first-order valence-corrected chi connectivity index (χ1v) is 7.90. The van der Waals surface area contributed by atoms with Gasteiger partial charge >= 0.3 is 0 Å². The molecular weight excluding hydrogens is 324 g/mol. The van der Waals surface area contributed by atoms with E-state index in [1.165, 1.54) is 11.0 Å². The van der Waals surface area contributed by atoms with E-state index in [4.69, 9.17) is 16.6 Å². The minimum Gasteiger partial charge on any atom is -0.462 e. The van der Waals surface area contributed by atoms with Crippen LogP contribution in [0.1, 0.15) is 30.0 Å². The van der Waals surface area contributed by atoms with Crippen LogP contribution in [0.2, 0.25) is 0 Å². The van der Waals surface area contributed by atoms with Crippen molar-refractivity contribution >= 4 is 35.2 Å². The molecule has 0 spiro atoms. The topological polar surface area (TPSA) is 62.6 Å². The van der Waals surface area contributed by atoms with Crippen LogP contribution in [-0.2, 0) is 9.59 Å². The predicted octanol–water partition coefficient (Wildman–Crippen LogP) is 2.98. The molecule has 5 nitrogen and oxygen atoms in total. The maximum atomic E-state index is 12.8. The zero-order chi connectivity index (χ0) is 17.3. The summed E-state index contributed by atoms with van der Waals surface area (Å²) in [5, 5.41) is 2.68. The number of furan rings is 1. The number of benzene rings is 1. The van der Waals surface area contributed by atoms with Gasteiger partial charge in [-0.2, -0.15) is 0 Å². The molecule has 24 heavy (non-hydrogen) atoms. The summed E-state index contributed by atoms with van der Waals surface area (Å²) in [6.07, 6.45) is 1.44. The lowest BCUT2D eigenvalue weighted by atomic mass is 10.0. The zero-order valence-electron chi connectivity index (χ0n) is 13.3. The second-order valence-electron chi connectivity index (χ2n) is 5.53. The van der Waals surface area contributed by atoms with E-state index in [2.05, 4.69) is 5.32 Å². The molecule has 1 aliphatic rings. The van der Waals surface area contributed by atoms with Crippen molar-refractivity contribution in [1.29, 1.82) is 0 Å². The first-order valence-electron chi connectivity index (χ1n) is 7.49. The number of carbonyl (C=O) groups excluding carboxylic acids is 2. The van der Waals surface area contributed by atoms with Crippen molar-refractivity contribution in [3.05, 3.63) is 65.1 Å². The molecule has 1 N–H and O–H groups in total. The van der Waals surface area contributed by atoms with Crippen molar-refractivity contribution in [3.8, 4) is 0 Å². The number of carbonyl (C=O) groups is 2. The van der Waals surface area contributed by atoms with E-state index in [0.717, 1.165) is 5.56 Å². The molecule has 1 aromatic heterocycles. The van der Waals surface area contributed by atoms with Gasteiger partial charge in [-0.15, -0.1) is 0 Å². The third-order valence-corrected chi connectivity index (χ3v) is 4.15. The Morgan fingerprint density at radius 1 is 1.17 bits per heavy atom. The van der Waals surface area contributed by atoms with Gasteiger partial charge in [-0.25, -0.2) is 0 Å². The van der Waals surface area contributed by atoms with Gasteiger partial charge in [0.15, 0.2) is 5.11 Å². The third kappa shape index (κ3) is 3.00. The number of thiocarbonyl (C=S) groups is 1. The zero-order valence-corrected chi connectivity index (χ0v) is 14.1. The molecule has 122 valence electrons. The minimum absolute atomic E-state index is 0.000677. The van der Waals surface area contributed by atoms with Crippen LogP contribution in [0.15, 0.2) is 52.5 Å². The van der Waals surface area contributed by atoms with E-state index >= 15 is 0 Å². The van der Waals surface area contributed by atoms with Gasteiger partial charge in [0, 0.05) is 0 Å². The number of hydrogen-bond acceptors (Lipinski definition) is 4. The summed E-state index contributed by atoms with van der Waals surface area (Å²) in [6.45, 7) is 3.66. The lowest BCUT2D eigenvalue weighted by Crippen LogP contribution is -2.54. The third-order valence-electron chi connectivity index (χ3n) is 3.85. The molecule has 0 saturated carbocycles. The summed E-state index contributed by atoms with van der Waals surface area (Å²) in [5.41, 5.74) is 0.929. The molecule has 1 aliphatic heterocycles. The summed E-state index contributed by atoms with van der Waals surface area (Å²) in [5.74, 6) is 0.200. The second-order valence-corrected chi connectivity index (χ2v) is 5.91. The summed E-state index contributed by atoms with van der Waals surface area (Å²) >= 11 is 5.20. The second kappa shape index (κ2) is 6.41. The smallest absolute Gasteiger partial charge is 0.266 e. The highest BCUT2D eigenvalue weighted by molar-refractivity contribution is 7.80. The van der Waals surface area contributed by atoms with Gasteiger partial charge in [-0.1, -0.05) is 30.3 Å². The van der Waals surface area contributed by atoms with Crippen molar-refractivity contribution in [2.24, 2.45) is 0 Å². The Morgan fingerprint density at radius 2 is 1.88 bits per heavy atom. The SMILES string of the molecule is Cc1ccc(/C=C2\C(=O)NC(=S)N(C(C)c3ccccc3)C2=O)o1. The molecule has 1 atom stereocenters. The van der Waals surface area contributed by atoms with Crippen LogP contribution in [0, 0.1) is 6.92 Å². The summed E-state index contributed by atoms with van der Waals surface area (Å²) in [7, 11) is 0. The lowest BCUT2D eigenvalue weighted by Gasteiger charge is -2.33. The van der Waals surface area contributed by atoms with Crippen LogP contribution in [0.4, 0.5) is 0 Å². The lowest BCUT2D eigenvalue weighted by molar-refractivity contribution is -0.130. The highest BCUT2D eigenvalue weighted by atomic mass is 32.1. The number of rotatable bonds is 3. The highest BCUT2D eigenvalue weighted by Crippen LogP contribution is 2.25. The highest BCUT2D eigenvalue weighted by Gasteiger charge is 2.36. The monoisotopic (exact) mass is 340 g/mol. The maximum absolute atomic E-state index is 12.8. The number of nitrogens with one attached hydrogen (secondary N) is 1. The molecule has 1 aromatic carbocycles. The van der Waals surface area contributed by atoms with Crippen molar-refractivity contribution in [1.82, 2.24) is 10.2 Å². The Morgan fingerprint density at radius 3 is 2.50 bits per heavy atom. The van der Waals surface area contributed by atoms with Gasteiger partial charge in [0.25, 0.3) is 11.8 Å². The number of hydrogen-bond donors (Lipinski definition) is 1. The van der Waals surface area contributed by atoms with E-state index in [-0.39, 0.29) is 16.7 Å². The largest absolute Gasteiger partial charge is 0.462 e. The summed E-state index contributed by atoms with van der Waals surface area (Å²) < 4.78 is 5.43. The molecule has 2 aromatic rings. The molecule has 1 fully saturated rings. The van der Waals surface area contributed by atoms with E-state index in [1.54, 1.807) is 19.1 Å². The van der Waals surface area contributed by atoms with Gasteiger partial charge in [-0.3, -0.25) is 19.8 Å². The Bertz CT molecular complexity index is 839. The van der Waals surface area contributed by atoms with Crippen molar-refractivity contribution in [2.75, 3.05) is 0 Å². The van der Waals surface area contributed by atoms with Crippen molar-refractivity contribution in [2.45, 2.75) is 19.9 Å². The fraction of sp³-hybridized carbons (Fsp3) is 0.167. The molecule has 1 unspecified atom stereocenters. The van der Waals surface area contributed by atoms with Crippen molar-refractivity contribution < 1.29 is 14.0 Å². The van der Waals surface area contributed by atoms with Gasteiger partial charge < -0.3 is 4.42 Å². The number of amides is 2. The van der Waals surface area contributed by atoms with E-state index in [1.807, 2.05) is 37.3 Å². The van der Waals surface area contributed by atoms with Crippen molar-refractivity contribution in [3.63, 3.8) is 0 Å². The summed E-state index contributed by atoms with van der Waals surface area (Å²) in [4.78, 5) is 26.4. The molecule has 3 rings (SSSR count). The van der Waals surface area contributed by atoms with Crippen LogP contribution in [-0.4, -0.2) is 21.8 Å². The summed E-state index contributed by atoms with van der Waals surface area (Å²) in [6, 6.07) is 12.7. The Labute approximate surface area is 144 Å². The molecule has 2 heterocycles.